The zero-order valence-electron chi connectivity index (χ0n) is 9.34. The van der Waals surface area contributed by atoms with Crippen LogP contribution in [0.5, 0.6) is 0 Å². The van der Waals surface area contributed by atoms with Crippen molar-refractivity contribution in [3.8, 4) is 0 Å². The smallest absolute Gasteiger partial charge is 0.255 e. The van der Waals surface area contributed by atoms with Crippen LogP contribution in [0.4, 0.5) is 4.39 Å². The molecule has 1 aromatic heterocycles. The van der Waals surface area contributed by atoms with Gasteiger partial charge in [-0.25, -0.2) is 4.39 Å². The maximum atomic E-state index is 13.6. The molecule has 1 N–H and O–H groups in total. The topological polar surface area (TPSA) is 32.9 Å². The van der Waals surface area contributed by atoms with Crippen molar-refractivity contribution in [3.63, 3.8) is 0 Å². The highest BCUT2D eigenvalue weighted by molar-refractivity contribution is 9.10. The van der Waals surface area contributed by atoms with Crippen molar-refractivity contribution in [1.82, 2.24) is 4.98 Å². The summed E-state index contributed by atoms with van der Waals surface area (Å²) in [7, 11) is 0. The third-order valence-corrected chi connectivity index (χ3v) is 3.51. The average molecular weight is 306 g/mol. The first kappa shape index (κ1) is 11.4. The molecule has 0 fully saturated rings. The van der Waals surface area contributed by atoms with Gasteiger partial charge >= 0.3 is 0 Å². The molecule has 0 aliphatic heterocycles. The number of hydrogen-bond acceptors (Lipinski definition) is 1. The number of aromatic nitrogens is 1. The lowest BCUT2D eigenvalue weighted by Gasteiger charge is -2.01. The van der Waals surface area contributed by atoms with Gasteiger partial charge in [0.25, 0.3) is 5.56 Å². The minimum Gasteiger partial charge on any atom is -0.327 e. The van der Waals surface area contributed by atoms with Crippen molar-refractivity contribution in [2.24, 2.45) is 0 Å². The van der Waals surface area contributed by atoms with E-state index >= 15 is 0 Å². The van der Waals surface area contributed by atoms with Crippen LogP contribution in [-0.2, 0) is 6.42 Å². The molecular weight excluding hydrogens is 297 g/mol. The van der Waals surface area contributed by atoms with Gasteiger partial charge in [0.15, 0.2) is 0 Å². The van der Waals surface area contributed by atoms with Gasteiger partial charge in [0, 0.05) is 21.8 Å². The van der Waals surface area contributed by atoms with Gasteiger partial charge in [-0.1, -0.05) is 12.1 Å². The molecule has 4 heteroatoms. The van der Waals surface area contributed by atoms with Gasteiger partial charge in [0.2, 0.25) is 0 Å². The first-order valence-corrected chi connectivity index (χ1v) is 6.31. The quantitative estimate of drug-likeness (QED) is 0.861. The van der Waals surface area contributed by atoms with E-state index in [0.29, 0.717) is 17.5 Å². The Bertz CT molecular complexity index is 718. The van der Waals surface area contributed by atoms with Crippen molar-refractivity contribution in [1.29, 1.82) is 0 Å². The van der Waals surface area contributed by atoms with E-state index in [-0.39, 0.29) is 11.4 Å². The summed E-state index contributed by atoms with van der Waals surface area (Å²) in [6, 6.07) is 6.77. The molecule has 18 heavy (non-hydrogen) atoms. The average Bonchev–Trinajstić information content (AvgIpc) is 2.77. The van der Waals surface area contributed by atoms with Gasteiger partial charge in [-0.3, -0.25) is 4.79 Å². The van der Waals surface area contributed by atoms with E-state index in [2.05, 4.69) is 20.9 Å². The predicted octanol–water partition coefficient (Wildman–Crippen LogP) is 3.37. The summed E-state index contributed by atoms with van der Waals surface area (Å²) in [5.41, 5.74) is 2.78. The number of allylic oxidation sites excluding steroid dienone is 1. The van der Waals surface area contributed by atoms with Crippen LogP contribution in [0.3, 0.4) is 0 Å². The molecule has 0 radical (unpaired) electrons. The highest BCUT2D eigenvalue weighted by Gasteiger charge is 2.18. The number of pyridine rings is 1. The molecule has 0 saturated heterocycles. The van der Waals surface area contributed by atoms with Gasteiger partial charge < -0.3 is 4.98 Å². The lowest BCUT2D eigenvalue weighted by Crippen LogP contribution is -2.10. The molecule has 1 aliphatic rings. The van der Waals surface area contributed by atoms with E-state index in [1.54, 1.807) is 24.4 Å². The van der Waals surface area contributed by atoms with Crippen LogP contribution in [0.25, 0.3) is 11.6 Å². The van der Waals surface area contributed by atoms with Crippen LogP contribution in [0, 0.1) is 5.82 Å². The van der Waals surface area contributed by atoms with Crippen molar-refractivity contribution in [2.45, 2.75) is 6.42 Å². The minimum absolute atomic E-state index is 0.155. The molecule has 0 unspecified atom stereocenters. The monoisotopic (exact) mass is 305 g/mol. The number of benzene rings is 1. The number of hydrogen-bond donors (Lipinski definition) is 1. The van der Waals surface area contributed by atoms with Crippen LogP contribution in [0.1, 0.15) is 16.7 Å². The largest absolute Gasteiger partial charge is 0.327 e. The molecule has 0 spiro atoms. The third kappa shape index (κ3) is 1.82. The van der Waals surface area contributed by atoms with E-state index in [1.807, 2.05) is 6.07 Å². The number of fused-ring (bicyclic) bond motifs is 1. The van der Waals surface area contributed by atoms with Crippen LogP contribution in [0.15, 0.2) is 39.7 Å². The first-order chi connectivity index (χ1) is 8.65. The molecular formula is C14H9BrFNO. The van der Waals surface area contributed by atoms with Crippen LogP contribution in [0.2, 0.25) is 0 Å². The molecule has 90 valence electrons. The highest BCUT2D eigenvalue weighted by atomic mass is 79.9. The number of nitrogens with one attached hydrogen (secondary N) is 1. The van der Waals surface area contributed by atoms with Crippen molar-refractivity contribution < 1.29 is 4.39 Å². The zero-order valence-corrected chi connectivity index (χ0v) is 10.9. The third-order valence-electron chi connectivity index (χ3n) is 3.06. The lowest BCUT2D eigenvalue weighted by atomic mass is 10.1. The Balaban J connectivity index is 2.13. The van der Waals surface area contributed by atoms with E-state index in [9.17, 15) is 9.18 Å². The second-order valence-electron chi connectivity index (χ2n) is 4.22. The Morgan fingerprint density at radius 1 is 1.33 bits per heavy atom. The lowest BCUT2D eigenvalue weighted by molar-refractivity contribution is 0.624. The summed E-state index contributed by atoms with van der Waals surface area (Å²) in [5.74, 6) is -0.242. The van der Waals surface area contributed by atoms with Gasteiger partial charge in [-0.15, -0.1) is 0 Å². The minimum atomic E-state index is -0.242. The fraction of sp³-hybridized carbons (Fsp3) is 0.0714. The normalized spacial score (nSPS) is 13.3. The van der Waals surface area contributed by atoms with Crippen molar-refractivity contribution in [3.05, 3.63) is 67.8 Å². The summed E-state index contributed by atoms with van der Waals surface area (Å²) in [5, 5.41) is 0. The van der Waals surface area contributed by atoms with E-state index < -0.39 is 0 Å². The van der Waals surface area contributed by atoms with Crippen LogP contribution >= 0.6 is 15.9 Å². The second-order valence-corrected chi connectivity index (χ2v) is 5.14. The zero-order chi connectivity index (χ0) is 12.7. The van der Waals surface area contributed by atoms with Crippen molar-refractivity contribution in [2.75, 3.05) is 0 Å². The van der Waals surface area contributed by atoms with E-state index in [1.165, 1.54) is 6.07 Å². The summed E-state index contributed by atoms with van der Waals surface area (Å²) in [6.07, 6.45) is 3.93. The van der Waals surface area contributed by atoms with Gasteiger partial charge in [0.1, 0.15) is 5.82 Å². The predicted molar refractivity (Wildman–Crippen MR) is 72.7 cm³/mol. The molecule has 0 amide bonds. The summed E-state index contributed by atoms with van der Waals surface area (Å²) in [4.78, 5) is 14.4. The summed E-state index contributed by atoms with van der Waals surface area (Å²) >= 11 is 3.32. The van der Waals surface area contributed by atoms with Crippen molar-refractivity contribution >= 4 is 27.6 Å². The van der Waals surface area contributed by atoms with E-state index in [4.69, 9.17) is 0 Å². The maximum absolute atomic E-state index is 13.6. The second kappa shape index (κ2) is 4.21. The Morgan fingerprint density at radius 2 is 2.17 bits per heavy atom. The molecule has 0 atom stereocenters. The Morgan fingerprint density at radius 3 is 2.94 bits per heavy atom. The van der Waals surface area contributed by atoms with Gasteiger partial charge in [-0.05, 0) is 51.7 Å². The Hall–Kier alpha value is -1.68. The highest BCUT2D eigenvalue weighted by Crippen LogP contribution is 2.32. The molecule has 3 rings (SSSR count). The Kier molecular flexibility index (Phi) is 2.67. The standard InChI is InChI=1S/C14H9BrFNO/c15-10-6-12(14(18)17-7-10)9-4-8-2-1-3-13(16)11(8)5-9/h1-3,5-7H,4H2,(H,17,18). The molecule has 1 heterocycles. The Labute approximate surface area is 111 Å². The fourth-order valence-corrected chi connectivity index (χ4v) is 2.54. The number of H-pyrrole nitrogens is 1. The molecule has 0 bridgehead atoms. The fourth-order valence-electron chi connectivity index (χ4n) is 2.20. The van der Waals surface area contributed by atoms with E-state index in [0.717, 1.165) is 15.6 Å². The molecule has 1 aliphatic carbocycles. The van der Waals surface area contributed by atoms with Gasteiger partial charge in [-0.2, -0.15) is 0 Å². The number of aromatic amines is 1. The number of halogens is 2. The maximum Gasteiger partial charge on any atom is 0.255 e. The molecule has 1 aromatic carbocycles. The number of rotatable bonds is 1. The molecule has 0 saturated carbocycles. The summed E-state index contributed by atoms with van der Waals surface area (Å²) < 4.78 is 14.4. The first-order valence-electron chi connectivity index (χ1n) is 5.52. The summed E-state index contributed by atoms with van der Waals surface area (Å²) in [6.45, 7) is 0. The molecule has 2 aromatic rings. The molecule has 2 nitrogen and oxygen atoms in total. The van der Waals surface area contributed by atoms with Crippen LogP contribution in [-0.4, -0.2) is 4.98 Å². The van der Waals surface area contributed by atoms with Gasteiger partial charge in [0.05, 0.1) is 0 Å². The van der Waals surface area contributed by atoms with Crippen LogP contribution < -0.4 is 5.56 Å². The SMILES string of the molecule is O=c1[nH]cc(Br)cc1C1=Cc2c(F)cccc2C1.